The topological polar surface area (TPSA) is 41.1 Å². The Kier molecular flexibility index (Phi) is 5.23. The Morgan fingerprint density at radius 3 is 2.48 bits per heavy atom. The van der Waals surface area contributed by atoms with E-state index in [1.54, 1.807) is 0 Å². The summed E-state index contributed by atoms with van der Waals surface area (Å²) in [7, 11) is 0. The number of anilines is 2. The number of hydrogen-bond donors (Lipinski definition) is 2. The molecule has 0 atom stereocenters. The zero-order valence-corrected chi connectivity index (χ0v) is 13.0. The minimum absolute atomic E-state index is 0.00188. The molecule has 0 spiro atoms. The Balaban J connectivity index is 1.80. The minimum Gasteiger partial charge on any atom is -0.384 e. The van der Waals surface area contributed by atoms with Gasteiger partial charge in [-0.1, -0.05) is 29.3 Å². The molecule has 2 aromatic carbocycles. The van der Waals surface area contributed by atoms with Crippen molar-refractivity contribution in [1.29, 1.82) is 0 Å². The summed E-state index contributed by atoms with van der Waals surface area (Å²) < 4.78 is 0. The molecule has 0 unspecified atom stereocenters. The quantitative estimate of drug-likeness (QED) is 0.859. The van der Waals surface area contributed by atoms with Gasteiger partial charge < -0.3 is 10.6 Å². The molecule has 0 fully saturated rings. The Hall–Kier alpha value is -2.00. The van der Waals surface area contributed by atoms with Crippen molar-refractivity contribution in [2.24, 2.45) is 0 Å². The molecule has 0 saturated heterocycles. The van der Waals surface area contributed by atoms with Crippen LogP contribution in [0.1, 0.15) is 17.5 Å². The third-order valence-electron chi connectivity index (χ3n) is 3.19. The van der Waals surface area contributed by atoms with E-state index >= 15 is 0 Å². The summed E-state index contributed by atoms with van der Waals surface area (Å²) in [5, 5.41) is 6.84. The van der Waals surface area contributed by atoms with Gasteiger partial charge in [-0.05, 0) is 49.7 Å². The molecule has 4 heteroatoms. The standard InChI is InChI=1S/C17H19ClN2O/c1-12-3-6-15(7-4-12)20-17(21)9-10-19-16-8-5-14(18)11-13(16)2/h3-8,11,19H,9-10H2,1-2H3,(H,20,21). The molecule has 2 aromatic rings. The lowest BCUT2D eigenvalue weighted by atomic mass is 10.2. The molecule has 1 amide bonds. The monoisotopic (exact) mass is 302 g/mol. The van der Waals surface area contributed by atoms with Crippen LogP contribution < -0.4 is 10.6 Å². The first-order valence-corrected chi connectivity index (χ1v) is 7.29. The van der Waals surface area contributed by atoms with Gasteiger partial charge >= 0.3 is 0 Å². The molecule has 0 heterocycles. The van der Waals surface area contributed by atoms with Crippen molar-refractivity contribution in [3.8, 4) is 0 Å². The number of carbonyl (C=O) groups excluding carboxylic acids is 1. The van der Waals surface area contributed by atoms with E-state index in [2.05, 4.69) is 10.6 Å². The molecule has 2 rings (SSSR count). The summed E-state index contributed by atoms with van der Waals surface area (Å²) in [6, 6.07) is 13.4. The van der Waals surface area contributed by atoms with E-state index in [1.165, 1.54) is 5.56 Å². The van der Waals surface area contributed by atoms with Gasteiger partial charge in [-0.2, -0.15) is 0 Å². The number of hydrogen-bond acceptors (Lipinski definition) is 2. The van der Waals surface area contributed by atoms with E-state index in [0.29, 0.717) is 13.0 Å². The highest BCUT2D eigenvalue weighted by atomic mass is 35.5. The Labute approximate surface area is 130 Å². The van der Waals surface area contributed by atoms with Crippen molar-refractivity contribution in [3.63, 3.8) is 0 Å². The largest absolute Gasteiger partial charge is 0.384 e. The van der Waals surface area contributed by atoms with Crippen molar-refractivity contribution < 1.29 is 4.79 Å². The zero-order valence-electron chi connectivity index (χ0n) is 12.2. The second-order valence-electron chi connectivity index (χ2n) is 5.05. The van der Waals surface area contributed by atoms with Crippen LogP contribution >= 0.6 is 11.6 Å². The van der Waals surface area contributed by atoms with Crippen LogP contribution in [-0.4, -0.2) is 12.5 Å². The number of nitrogens with one attached hydrogen (secondary N) is 2. The molecule has 2 N–H and O–H groups in total. The van der Waals surface area contributed by atoms with Gasteiger partial charge in [-0.25, -0.2) is 0 Å². The summed E-state index contributed by atoms with van der Waals surface area (Å²) in [5.41, 5.74) is 4.07. The predicted octanol–water partition coefficient (Wildman–Crippen LogP) is 4.40. The van der Waals surface area contributed by atoms with Crippen molar-refractivity contribution in [2.75, 3.05) is 17.2 Å². The van der Waals surface area contributed by atoms with Crippen LogP contribution in [0.2, 0.25) is 5.02 Å². The van der Waals surface area contributed by atoms with Gasteiger partial charge in [-0.15, -0.1) is 0 Å². The molecule has 0 radical (unpaired) electrons. The van der Waals surface area contributed by atoms with Gasteiger partial charge in [0.15, 0.2) is 0 Å². The van der Waals surface area contributed by atoms with Crippen LogP contribution in [0.25, 0.3) is 0 Å². The minimum atomic E-state index is -0.00188. The van der Waals surface area contributed by atoms with E-state index in [9.17, 15) is 4.79 Å². The van der Waals surface area contributed by atoms with Crippen molar-refractivity contribution in [2.45, 2.75) is 20.3 Å². The van der Waals surface area contributed by atoms with Crippen molar-refractivity contribution >= 4 is 28.9 Å². The van der Waals surface area contributed by atoms with Gasteiger partial charge in [0.25, 0.3) is 0 Å². The molecular formula is C17H19ClN2O. The van der Waals surface area contributed by atoms with Crippen LogP contribution in [-0.2, 0) is 4.79 Å². The van der Waals surface area contributed by atoms with Crippen LogP contribution in [0.4, 0.5) is 11.4 Å². The molecule has 0 aliphatic rings. The third kappa shape index (κ3) is 4.80. The first-order chi connectivity index (χ1) is 10.0. The van der Waals surface area contributed by atoms with E-state index < -0.39 is 0 Å². The number of benzene rings is 2. The van der Waals surface area contributed by atoms with Crippen molar-refractivity contribution in [3.05, 3.63) is 58.6 Å². The normalized spacial score (nSPS) is 10.2. The lowest BCUT2D eigenvalue weighted by Crippen LogP contribution is -2.16. The molecular weight excluding hydrogens is 284 g/mol. The summed E-state index contributed by atoms with van der Waals surface area (Å²) in [6.45, 7) is 4.59. The lowest BCUT2D eigenvalue weighted by molar-refractivity contribution is -0.115. The molecule has 110 valence electrons. The molecule has 0 aromatic heterocycles. The van der Waals surface area contributed by atoms with E-state index in [1.807, 2.05) is 56.3 Å². The first kappa shape index (κ1) is 15.4. The molecule has 0 bridgehead atoms. The summed E-state index contributed by atoms with van der Waals surface area (Å²) >= 11 is 5.91. The third-order valence-corrected chi connectivity index (χ3v) is 3.43. The molecule has 3 nitrogen and oxygen atoms in total. The van der Waals surface area contributed by atoms with E-state index in [4.69, 9.17) is 11.6 Å². The van der Waals surface area contributed by atoms with Gasteiger partial charge in [0.2, 0.25) is 5.91 Å². The Bertz CT molecular complexity index is 623. The van der Waals surface area contributed by atoms with Gasteiger partial charge in [0, 0.05) is 29.4 Å². The fourth-order valence-electron chi connectivity index (χ4n) is 2.00. The highest BCUT2D eigenvalue weighted by Gasteiger charge is 2.03. The van der Waals surface area contributed by atoms with E-state index in [0.717, 1.165) is 22.0 Å². The Morgan fingerprint density at radius 2 is 1.81 bits per heavy atom. The van der Waals surface area contributed by atoms with Gasteiger partial charge in [0.1, 0.15) is 0 Å². The van der Waals surface area contributed by atoms with Crippen LogP contribution in [0, 0.1) is 13.8 Å². The summed E-state index contributed by atoms with van der Waals surface area (Å²) in [5.74, 6) is -0.00188. The molecule has 0 aliphatic heterocycles. The fraction of sp³-hybridized carbons (Fsp3) is 0.235. The number of halogens is 1. The maximum Gasteiger partial charge on any atom is 0.226 e. The second kappa shape index (κ2) is 7.14. The number of rotatable bonds is 5. The summed E-state index contributed by atoms with van der Waals surface area (Å²) in [6.07, 6.45) is 0.413. The Morgan fingerprint density at radius 1 is 1.10 bits per heavy atom. The highest BCUT2D eigenvalue weighted by Crippen LogP contribution is 2.19. The van der Waals surface area contributed by atoms with Crippen LogP contribution in [0.5, 0.6) is 0 Å². The predicted molar refractivity (Wildman–Crippen MR) is 89.1 cm³/mol. The average Bonchev–Trinajstić information content (AvgIpc) is 2.44. The maximum absolute atomic E-state index is 11.9. The fourth-order valence-corrected chi connectivity index (χ4v) is 2.22. The molecule has 21 heavy (non-hydrogen) atoms. The lowest BCUT2D eigenvalue weighted by Gasteiger charge is -2.10. The van der Waals surface area contributed by atoms with Crippen LogP contribution in [0.3, 0.4) is 0 Å². The summed E-state index contributed by atoms with van der Waals surface area (Å²) in [4.78, 5) is 11.9. The molecule has 0 saturated carbocycles. The van der Waals surface area contributed by atoms with Gasteiger partial charge in [0.05, 0.1) is 0 Å². The van der Waals surface area contributed by atoms with Gasteiger partial charge in [-0.3, -0.25) is 4.79 Å². The smallest absolute Gasteiger partial charge is 0.226 e. The van der Waals surface area contributed by atoms with E-state index in [-0.39, 0.29) is 5.91 Å². The van der Waals surface area contributed by atoms with Crippen LogP contribution in [0.15, 0.2) is 42.5 Å². The molecule has 0 aliphatic carbocycles. The highest BCUT2D eigenvalue weighted by molar-refractivity contribution is 6.30. The second-order valence-corrected chi connectivity index (χ2v) is 5.49. The number of amides is 1. The average molecular weight is 303 g/mol. The van der Waals surface area contributed by atoms with Crippen molar-refractivity contribution in [1.82, 2.24) is 0 Å². The first-order valence-electron chi connectivity index (χ1n) is 6.91. The zero-order chi connectivity index (χ0) is 15.2. The SMILES string of the molecule is Cc1ccc(NC(=O)CCNc2ccc(Cl)cc2C)cc1. The maximum atomic E-state index is 11.9. The number of carbonyl (C=O) groups is 1. The number of aryl methyl sites for hydroxylation is 2.